The lowest BCUT2D eigenvalue weighted by Gasteiger charge is -2.09. The van der Waals surface area contributed by atoms with Crippen LogP contribution in [0.2, 0.25) is 0 Å². The molecule has 4 rings (SSSR count). The Kier molecular flexibility index (Phi) is 3.98. The van der Waals surface area contributed by atoms with Crippen molar-refractivity contribution in [1.82, 2.24) is 30.5 Å². The summed E-state index contributed by atoms with van der Waals surface area (Å²) in [7, 11) is 0. The number of benzene rings is 1. The van der Waals surface area contributed by atoms with Gasteiger partial charge in [0.15, 0.2) is 5.69 Å². The Hall–Kier alpha value is -2.75. The first kappa shape index (κ1) is 16.7. The first-order valence-electron chi connectivity index (χ1n) is 8.07. The molecule has 2 aromatic heterocycles. The van der Waals surface area contributed by atoms with Crippen LogP contribution in [0.3, 0.4) is 0 Å². The summed E-state index contributed by atoms with van der Waals surface area (Å²) in [5, 5.41) is 15.4. The highest BCUT2D eigenvalue weighted by molar-refractivity contribution is 5.59. The highest BCUT2D eigenvalue weighted by Crippen LogP contribution is 2.31. The lowest BCUT2D eigenvalue weighted by molar-refractivity contribution is -0.137. The maximum atomic E-state index is 12.7. The van der Waals surface area contributed by atoms with Gasteiger partial charge in [-0.15, -0.1) is 5.10 Å². The van der Waals surface area contributed by atoms with Crippen molar-refractivity contribution >= 4 is 0 Å². The molecule has 0 aliphatic carbocycles. The van der Waals surface area contributed by atoms with Gasteiger partial charge in [0, 0.05) is 12.1 Å². The van der Waals surface area contributed by atoms with E-state index in [0.717, 1.165) is 37.3 Å². The Balaban J connectivity index is 1.60. The van der Waals surface area contributed by atoms with Gasteiger partial charge in [-0.3, -0.25) is 0 Å². The predicted octanol–water partition coefficient (Wildman–Crippen LogP) is 2.86. The van der Waals surface area contributed by atoms with Gasteiger partial charge in [0.05, 0.1) is 17.3 Å². The molecule has 1 fully saturated rings. The molecule has 0 bridgehead atoms. The molecule has 1 aromatic carbocycles. The number of nitrogens with one attached hydrogen (secondary N) is 1. The Morgan fingerprint density at radius 2 is 2.00 bits per heavy atom. The van der Waals surface area contributed by atoms with E-state index in [1.807, 2.05) is 11.6 Å². The second-order valence-electron chi connectivity index (χ2n) is 6.11. The summed E-state index contributed by atoms with van der Waals surface area (Å²) in [6.07, 6.45) is -3.42. The molecule has 1 saturated heterocycles. The quantitative estimate of drug-likeness (QED) is 0.770. The van der Waals surface area contributed by atoms with E-state index >= 15 is 0 Å². The van der Waals surface area contributed by atoms with Gasteiger partial charge < -0.3 is 9.84 Å². The smallest absolute Gasteiger partial charge is 0.332 e. The number of aromatic nitrogens is 5. The molecule has 3 heterocycles. The van der Waals surface area contributed by atoms with E-state index in [1.54, 1.807) is 0 Å². The van der Waals surface area contributed by atoms with Crippen molar-refractivity contribution in [3.8, 4) is 23.0 Å². The maximum absolute atomic E-state index is 12.7. The topological polar surface area (TPSA) is 81.7 Å². The highest BCUT2D eigenvalue weighted by Gasteiger charge is 2.30. The fraction of sp³-hybridized carbons (Fsp3) is 0.375. The van der Waals surface area contributed by atoms with E-state index in [1.165, 1.54) is 12.1 Å². The van der Waals surface area contributed by atoms with E-state index in [2.05, 4.69) is 25.8 Å². The van der Waals surface area contributed by atoms with Crippen molar-refractivity contribution in [3.05, 3.63) is 35.5 Å². The van der Waals surface area contributed by atoms with Crippen LogP contribution in [0.4, 0.5) is 13.2 Å². The van der Waals surface area contributed by atoms with Crippen LogP contribution in [-0.4, -0.2) is 38.2 Å². The van der Waals surface area contributed by atoms with Crippen molar-refractivity contribution < 1.29 is 17.7 Å². The van der Waals surface area contributed by atoms with Crippen LogP contribution in [0.1, 0.15) is 23.7 Å². The van der Waals surface area contributed by atoms with Crippen LogP contribution in [0, 0.1) is 6.92 Å². The molecule has 1 aliphatic rings. The van der Waals surface area contributed by atoms with Crippen LogP contribution < -0.4 is 5.32 Å². The number of hydrogen-bond donors (Lipinski definition) is 1. The molecule has 1 atom stereocenters. The molecular weight excluding hydrogens is 349 g/mol. The third-order valence-corrected chi connectivity index (χ3v) is 4.41. The van der Waals surface area contributed by atoms with Crippen molar-refractivity contribution in [1.29, 1.82) is 0 Å². The summed E-state index contributed by atoms with van der Waals surface area (Å²) < 4.78 is 45.0. The molecule has 0 amide bonds. The summed E-state index contributed by atoms with van der Waals surface area (Å²) in [5.41, 5.74) is 0.982. The summed E-state index contributed by atoms with van der Waals surface area (Å²) >= 11 is 0. The Morgan fingerprint density at radius 3 is 2.65 bits per heavy atom. The average molecular weight is 364 g/mol. The first-order valence-corrected chi connectivity index (χ1v) is 8.07. The van der Waals surface area contributed by atoms with E-state index in [-0.39, 0.29) is 17.8 Å². The lowest BCUT2D eigenvalue weighted by Crippen LogP contribution is -2.15. The molecule has 1 unspecified atom stereocenters. The summed E-state index contributed by atoms with van der Waals surface area (Å²) in [6.45, 7) is 3.62. The van der Waals surface area contributed by atoms with E-state index in [0.29, 0.717) is 11.3 Å². The van der Waals surface area contributed by atoms with Gasteiger partial charge in [-0.25, -0.2) is 4.68 Å². The zero-order valence-corrected chi connectivity index (χ0v) is 13.8. The number of alkyl halides is 3. The van der Waals surface area contributed by atoms with Gasteiger partial charge in [0.25, 0.3) is 5.89 Å². The SMILES string of the molecule is Cc1c(-c2nc(-c3ccc(C(F)(F)F)cc3)no2)nnn1C1CCNC1. The third-order valence-electron chi connectivity index (χ3n) is 4.41. The fourth-order valence-corrected chi connectivity index (χ4v) is 2.98. The van der Waals surface area contributed by atoms with Gasteiger partial charge in [0.1, 0.15) is 0 Å². The molecule has 10 heteroatoms. The van der Waals surface area contributed by atoms with Crippen LogP contribution in [0.15, 0.2) is 28.8 Å². The molecular formula is C16H15F3N6O. The number of nitrogens with zero attached hydrogens (tertiary/aromatic N) is 5. The van der Waals surface area contributed by atoms with Crippen molar-refractivity contribution in [2.45, 2.75) is 25.6 Å². The normalized spacial score (nSPS) is 17.8. The second kappa shape index (κ2) is 6.20. The van der Waals surface area contributed by atoms with Crippen molar-refractivity contribution in [2.24, 2.45) is 0 Å². The zero-order chi connectivity index (χ0) is 18.3. The van der Waals surface area contributed by atoms with E-state index in [4.69, 9.17) is 4.52 Å². The van der Waals surface area contributed by atoms with Crippen LogP contribution in [0.5, 0.6) is 0 Å². The van der Waals surface area contributed by atoms with Crippen LogP contribution in [-0.2, 0) is 6.18 Å². The average Bonchev–Trinajstić information content (AvgIpc) is 3.34. The van der Waals surface area contributed by atoms with Crippen molar-refractivity contribution in [2.75, 3.05) is 13.1 Å². The van der Waals surface area contributed by atoms with E-state index in [9.17, 15) is 13.2 Å². The fourth-order valence-electron chi connectivity index (χ4n) is 2.98. The molecule has 26 heavy (non-hydrogen) atoms. The molecule has 136 valence electrons. The largest absolute Gasteiger partial charge is 0.416 e. The summed E-state index contributed by atoms with van der Waals surface area (Å²) in [6, 6.07) is 4.82. The third kappa shape index (κ3) is 2.96. The number of hydrogen-bond acceptors (Lipinski definition) is 6. The lowest BCUT2D eigenvalue weighted by atomic mass is 10.1. The number of halogens is 3. The van der Waals surface area contributed by atoms with Gasteiger partial charge in [0.2, 0.25) is 5.82 Å². The molecule has 1 aliphatic heterocycles. The Labute approximate surface area is 146 Å². The van der Waals surface area contributed by atoms with Crippen LogP contribution in [0.25, 0.3) is 23.0 Å². The number of rotatable bonds is 3. The Morgan fingerprint density at radius 1 is 1.23 bits per heavy atom. The monoisotopic (exact) mass is 364 g/mol. The zero-order valence-electron chi connectivity index (χ0n) is 13.8. The van der Waals surface area contributed by atoms with Gasteiger partial charge in [-0.05, 0) is 32.0 Å². The van der Waals surface area contributed by atoms with Gasteiger partial charge in [-0.2, -0.15) is 18.2 Å². The molecule has 1 N–H and O–H groups in total. The Bertz CT molecular complexity index is 909. The molecule has 3 aromatic rings. The van der Waals surface area contributed by atoms with Gasteiger partial charge >= 0.3 is 6.18 Å². The second-order valence-corrected chi connectivity index (χ2v) is 6.11. The summed E-state index contributed by atoms with van der Waals surface area (Å²) in [4.78, 5) is 4.25. The maximum Gasteiger partial charge on any atom is 0.416 e. The van der Waals surface area contributed by atoms with Crippen LogP contribution >= 0.6 is 0 Å². The molecule has 7 nitrogen and oxygen atoms in total. The molecule has 0 saturated carbocycles. The predicted molar refractivity (Wildman–Crippen MR) is 85.0 cm³/mol. The minimum atomic E-state index is -4.38. The minimum absolute atomic E-state index is 0.189. The summed E-state index contributed by atoms with van der Waals surface area (Å²) in [5.74, 6) is 0.389. The highest BCUT2D eigenvalue weighted by atomic mass is 19.4. The minimum Gasteiger partial charge on any atom is -0.332 e. The molecule has 0 spiro atoms. The standard InChI is InChI=1S/C16H15F3N6O/c1-9-13(22-24-25(9)12-6-7-20-8-12)15-21-14(23-26-15)10-2-4-11(5-3-10)16(17,18)19/h2-5,12,20H,6-8H2,1H3. The van der Waals surface area contributed by atoms with Gasteiger partial charge in [-0.1, -0.05) is 22.5 Å². The first-order chi connectivity index (χ1) is 12.4. The van der Waals surface area contributed by atoms with E-state index < -0.39 is 11.7 Å². The molecule has 0 radical (unpaired) electrons. The van der Waals surface area contributed by atoms with Crippen molar-refractivity contribution in [3.63, 3.8) is 0 Å².